The normalized spacial score (nSPS) is 15.8. The minimum Gasteiger partial charge on any atom is -0.379 e. The molecule has 0 atom stereocenters. The van der Waals surface area contributed by atoms with Crippen molar-refractivity contribution in [3.8, 4) is 0 Å². The highest BCUT2D eigenvalue weighted by molar-refractivity contribution is 7.92. The topological polar surface area (TPSA) is 94.3 Å². The lowest BCUT2D eigenvalue weighted by Crippen LogP contribution is -2.21. The number of nitrogens with two attached hydrogens (primary N) is 1. The summed E-state index contributed by atoms with van der Waals surface area (Å²) in [7, 11) is -3.37. The summed E-state index contributed by atoms with van der Waals surface area (Å²) in [6, 6.07) is 0. The summed E-state index contributed by atoms with van der Waals surface area (Å²) >= 11 is 1.33. The molecule has 1 saturated carbocycles. The van der Waals surface area contributed by atoms with Crippen molar-refractivity contribution in [3.05, 3.63) is 11.1 Å². The molecule has 6 nitrogen and oxygen atoms in total. The van der Waals surface area contributed by atoms with Crippen molar-refractivity contribution in [2.24, 2.45) is 5.73 Å². The van der Waals surface area contributed by atoms with Crippen LogP contribution in [0.2, 0.25) is 0 Å². The number of anilines is 1. The molecular formula is C10H17N3O3S2. The van der Waals surface area contributed by atoms with Crippen LogP contribution >= 0.6 is 11.3 Å². The predicted molar refractivity (Wildman–Crippen MR) is 71.4 cm³/mol. The lowest BCUT2D eigenvalue weighted by Gasteiger charge is -2.05. The Morgan fingerprint density at radius 3 is 2.94 bits per heavy atom. The second-order valence-corrected chi connectivity index (χ2v) is 6.87. The first-order valence-electron chi connectivity index (χ1n) is 5.84. The second-order valence-electron chi connectivity index (χ2n) is 4.17. The van der Waals surface area contributed by atoms with Gasteiger partial charge < -0.3 is 10.5 Å². The summed E-state index contributed by atoms with van der Waals surface area (Å²) in [6.07, 6.45) is 2.31. The fraction of sp³-hybridized carbons (Fsp3) is 0.700. The van der Waals surface area contributed by atoms with Gasteiger partial charge in [-0.2, -0.15) is 0 Å². The maximum absolute atomic E-state index is 11.7. The van der Waals surface area contributed by atoms with Gasteiger partial charge in [0.25, 0.3) is 0 Å². The van der Waals surface area contributed by atoms with Gasteiger partial charge in [0.15, 0.2) is 5.13 Å². The average molecular weight is 291 g/mol. The molecule has 0 saturated heterocycles. The lowest BCUT2D eigenvalue weighted by molar-refractivity contribution is 0.157. The number of sulfonamides is 1. The standard InChI is InChI=1S/C10H17N3O3S2/c11-3-4-16-5-6-18(14,15)13-10-12-9(7-17-10)8-1-2-8/h7-8H,1-6,11H2,(H,12,13). The van der Waals surface area contributed by atoms with Gasteiger partial charge in [-0.15, -0.1) is 11.3 Å². The smallest absolute Gasteiger partial charge is 0.236 e. The molecule has 1 aromatic rings. The van der Waals surface area contributed by atoms with Crippen molar-refractivity contribution in [1.29, 1.82) is 0 Å². The molecule has 0 amide bonds. The Bertz CT molecular complexity index is 482. The minimum absolute atomic E-state index is 0.0780. The number of hydrogen-bond acceptors (Lipinski definition) is 6. The van der Waals surface area contributed by atoms with Gasteiger partial charge >= 0.3 is 0 Å². The van der Waals surface area contributed by atoms with Crippen LogP contribution in [0.15, 0.2) is 5.38 Å². The third-order valence-corrected chi connectivity index (χ3v) is 4.63. The number of ether oxygens (including phenoxy) is 1. The fourth-order valence-electron chi connectivity index (χ4n) is 1.44. The quantitative estimate of drug-likeness (QED) is 0.689. The van der Waals surface area contributed by atoms with Crippen LogP contribution in [0.5, 0.6) is 0 Å². The van der Waals surface area contributed by atoms with Crippen LogP contribution in [0.25, 0.3) is 0 Å². The molecular weight excluding hydrogens is 274 g/mol. The Hall–Kier alpha value is -0.700. The van der Waals surface area contributed by atoms with E-state index in [4.69, 9.17) is 10.5 Å². The molecule has 1 fully saturated rings. The first kappa shape index (κ1) is 13.7. The van der Waals surface area contributed by atoms with Crippen molar-refractivity contribution in [2.45, 2.75) is 18.8 Å². The van der Waals surface area contributed by atoms with Crippen LogP contribution in [0.1, 0.15) is 24.5 Å². The van der Waals surface area contributed by atoms with Crippen LogP contribution < -0.4 is 10.5 Å². The van der Waals surface area contributed by atoms with Crippen molar-refractivity contribution in [1.82, 2.24) is 4.98 Å². The number of nitrogens with zero attached hydrogens (tertiary/aromatic N) is 1. The summed E-state index contributed by atoms with van der Waals surface area (Å²) < 4.78 is 30.9. The SMILES string of the molecule is NCCOCCS(=O)(=O)Nc1nc(C2CC2)cs1. The van der Waals surface area contributed by atoms with Crippen LogP contribution in [0.3, 0.4) is 0 Å². The molecule has 0 bridgehead atoms. The predicted octanol–water partition coefficient (Wildman–Crippen LogP) is 0.737. The van der Waals surface area contributed by atoms with Crippen molar-refractivity contribution < 1.29 is 13.2 Å². The number of aromatic nitrogens is 1. The van der Waals surface area contributed by atoms with Gasteiger partial charge in [-0.05, 0) is 12.8 Å². The lowest BCUT2D eigenvalue weighted by atomic mass is 10.3. The van der Waals surface area contributed by atoms with Crippen LogP contribution in [-0.4, -0.2) is 38.9 Å². The zero-order chi connectivity index (χ0) is 13.0. The molecule has 0 aliphatic heterocycles. The molecule has 0 unspecified atom stereocenters. The number of thiazole rings is 1. The molecule has 2 rings (SSSR count). The van der Waals surface area contributed by atoms with Crippen LogP contribution in [0.4, 0.5) is 5.13 Å². The number of hydrogen-bond donors (Lipinski definition) is 2. The maximum Gasteiger partial charge on any atom is 0.236 e. The summed E-state index contributed by atoms with van der Waals surface area (Å²) in [5.74, 6) is 0.457. The molecule has 1 aromatic heterocycles. The summed E-state index contributed by atoms with van der Waals surface area (Å²) in [5.41, 5.74) is 6.24. The number of nitrogens with one attached hydrogen (secondary N) is 1. The first-order chi connectivity index (χ1) is 8.61. The molecule has 3 N–H and O–H groups in total. The summed E-state index contributed by atoms with van der Waals surface area (Å²) in [4.78, 5) is 4.27. The molecule has 1 aliphatic carbocycles. The fourth-order valence-corrected chi connectivity index (χ4v) is 3.40. The van der Waals surface area contributed by atoms with E-state index in [-0.39, 0.29) is 12.4 Å². The first-order valence-corrected chi connectivity index (χ1v) is 8.37. The Labute approximate surface area is 111 Å². The van der Waals surface area contributed by atoms with E-state index in [0.29, 0.717) is 24.2 Å². The molecule has 0 spiro atoms. The number of rotatable bonds is 8. The molecule has 18 heavy (non-hydrogen) atoms. The van der Waals surface area contributed by atoms with E-state index < -0.39 is 10.0 Å². The second kappa shape index (κ2) is 5.96. The Morgan fingerprint density at radius 2 is 2.28 bits per heavy atom. The Balaban J connectivity index is 1.82. The van der Waals surface area contributed by atoms with E-state index in [1.165, 1.54) is 11.3 Å². The van der Waals surface area contributed by atoms with Gasteiger partial charge in [-0.1, -0.05) is 0 Å². The van der Waals surface area contributed by atoms with Crippen LogP contribution in [0, 0.1) is 0 Å². The minimum atomic E-state index is -3.37. The van der Waals surface area contributed by atoms with E-state index >= 15 is 0 Å². The highest BCUT2D eigenvalue weighted by Gasteiger charge is 2.26. The van der Waals surface area contributed by atoms with Gasteiger partial charge in [-0.3, -0.25) is 4.72 Å². The van der Waals surface area contributed by atoms with Gasteiger partial charge in [0.2, 0.25) is 10.0 Å². The third kappa shape index (κ3) is 4.20. The van der Waals surface area contributed by atoms with E-state index in [1.807, 2.05) is 5.38 Å². The summed E-state index contributed by atoms with van der Waals surface area (Å²) in [5, 5.41) is 2.36. The van der Waals surface area contributed by atoms with Crippen molar-refractivity contribution >= 4 is 26.5 Å². The highest BCUT2D eigenvalue weighted by Crippen LogP contribution is 2.40. The van der Waals surface area contributed by atoms with E-state index in [0.717, 1.165) is 18.5 Å². The average Bonchev–Trinajstić information content (AvgIpc) is 3.07. The molecule has 1 aliphatic rings. The Kier molecular flexibility index (Phi) is 4.55. The molecule has 8 heteroatoms. The zero-order valence-electron chi connectivity index (χ0n) is 9.96. The molecule has 0 radical (unpaired) electrons. The van der Waals surface area contributed by atoms with Gasteiger partial charge in [0, 0.05) is 17.8 Å². The zero-order valence-corrected chi connectivity index (χ0v) is 11.6. The molecule has 1 heterocycles. The molecule has 102 valence electrons. The third-order valence-electron chi connectivity index (χ3n) is 2.52. The molecule has 0 aromatic carbocycles. The highest BCUT2D eigenvalue weighted by atomic mass is 32.2. The van der Waals surface area contributed by atoms with Gasteiger partial charge in [-0.25, -0.2) is 13.4 Å². The maximum atomic E-state index is 11.7. The van der Waals surface area contributed by atoms with Gasteiger partial charge in [0.05, 0.1) is 24.7 Å². The largest absolute Gasteiger partial charge is 0.379 e. The van der Waals surface area contributed by atoms with E-state index in [2.05, 4.69) is 9.71 Å². The monoisotopic (exact) mass is 291 g/mol. The summed E-state index contributed by atoms with van der Waals surface area (Å²) in [6.45, 7) is 0.913. The van der Waals surface area contributed by atoms with Crippen LogP contribution in [-0.2, 0) is 14.8 Å². The van der Waals surface area contributed by atoms with Crippen molar-refractivity contribution in [2.75, 3.05) is 30.2 Å². The Morgan fingerprint density at radius 1 is 1.50 bits per heavy atom. The van der Waals surface area contributed by atoms with E-state index in [1.54, 1.807) is 0 Å². The van der Waals surface area contributed by atoms with Gasteiger partial charge in [0.1, 0.15) is 0 Å². The van der Waals surface area contributed by atoms with Crippen molar-refractivity contribution in [3.63, 3.8) is 0 Å². The van der Waals surface area contributed by atoms with E-state index in [9.17, 15) is 8.42 Å².